The minimum atomic E-state index is 0.501. The fraction of sp³-hybridized carbons (Fsp3) is 0.800. The van der Waals surface area contributed by atoms with Gasteiger partial charge < -0.3 is 11.1 Å². The van der Waals surface area contributed by atoms with Crippen molar-refractivity contribution in [1.29, 1.82) is 0 Å². The first kappa shape index (κ1) is 3.87. The van der Waals surface area contributed by atoms with Crippen molar-refractivity contribution < 1.29 is 0 Å². The fourth-order valence-corrected chi connectivity index (χ4v) is 1.28. The summed E-state index contributed by atoms with van der Waals surface area (Å²) in [6.07, 6.45) is 0. The summed E-state index contributed by atoms with van der Waals surface area (Å²) < 4.78 is 0. The fourth-order valence-electron chi connectivity index (χ4n) is 1.28. The summed E-state index contributed by atoms with van der Waals surface area (Å²) in [4.78, 5) is 0. The quantitative estimate of drug-likeness (QED) is 0.420. The number of nitrogens with one attached hydrogen (secondary N) is 1. The van der Waals surface area contributed by atoms with Gasteiger partial charge in [0.25, 0.3) is 0 Å². The molecule has 3 N–H and O–H groups in total. The van der Waals surface area contributed by atoms with Crippen LogP contribution >= 0.6 is 0 Å². The lowest BCUT2D eigenvalue weighted by atomic mass is 10.4. The predicted molar refractivity (Wildman–Crippen MR) is 27.3 cm³/mol. The number of piperidine rings is 1. The minimum Gasteiger partial charge on any atom is -0.327 e. The normalized spacial score (nSPS) is 57.0. The van der Waals surface area contributed by atoms with Crippen molar-refractivity contribution in [2.45, 2.75) is 6.04 Å². The first-order valence-corrected chi connectivity index (χ1v) is 2.72. The summed E-state index contributed by atoms with van der Waals surface area (Å²) in [6.45, 7) is 3.24. The van der Waals surface area contributed by atoms with E-state index in [0.717, 1.165) is 18.4 Å². The molecule has 0 bridgehead atoms. The maximum atomic E-state index is 5.60. The third-order valence-corrected chi connectivity index (χ3v) is 1.96. The first-order valence-electron chi connectivity index (χ1n) is 2.72. The van der Waals surface area contributed by atoms with Crippen molar-refractivity contribution in [3.63, 3.8) is 0 Å². The van der Waals surface area contributed by atoms with Gasteiger partial charge >= 0.3 is 0 Å². The van der Waals surface area contributed by atoms with E-state index in [1.165, 1.54) is 0 Å². The van der Waals surface area contributed by atoms with Crippen LogP contribution in [0.1, 0.15) is 0 Å². The summed E-state index contributed by atoms with van der Waals surface area (Å²) in [7, 11) is 0. The van der Waals surface area contributed by atoms with Gasteiger partial charge in [-0.15, -0.1) is 0 Å². The van der Waals surface area contributed by atoms with Crippen molar-refractivity contribution in [3.8, 4) is 0 Å². The number of nitrogens with two attached hydrogens (primary N) is 1. The molecule has 1 saturated heterocycles. The van der Waals surface area contributed by atoms with E-state index in [4.69, 9.17) is 5.73 Å². The van der Waals surface area contributed by atoms with Crippen LogP contribution < -0.4 is 11.1 Å². The second kappa shape index (κ2) is 1.01. The molecule has 0 aromatic rings. The lowest BCUT2D eigenvalue weighted by Gasteiger charge is -1.93. The SMILES string of the molecule is NC1C2[CH]NCC12. The van der Waals surface area contributed by atoms with Gasteiger partial charge in [-0.2, -0.15) is 0 Å². The molecule has 2 heteroatoms. The molecule has 3 unspecified atom stereocenters. The van der Waals surface area contributed by atoms with Crippen LogP contribution in [0.2, 0.25) is 0 Å². The molecule has 1 aliphatic heterocycles. The lowest BCUT2D eigenvalue weighted by molar-refractivity contribution is 0.729. The zero-order chi connectivity index (χ0) is 4.85. The van der Waals surface area contributed by atoms with Crippen LogP contribution in [0.4, 0.5) is 0 Å². The van der Waals surface area contributed by atoms with E-state index in [0.29, 0.717) is 6.04 Å². The smallest absolute Gasteiger partial charge is 0.0271 e. The predicted octanol–water partition coefficient (Wildman–Crippen LogP) is -0.675. The Labute approximate surface area is 43.1 Å². The van der Waals surface area contributed by atoms with Crippen LogP contribution in [-0.2, 0) is 0 Å². The molecular formula is C5H9N2. The van der Waals surface area contributed by atoms with E-state index < -0.39 is 0 Å². The largest absolute Gasteiger partial charge is 0.327 e. The van der Waals surface area contributed by atoms with Gasteiger partial charge in [0.15, 0.2) is 0 Å². The van der Waals surface area contributed by atoms with Crippen LogP contribution in [0.25, 0.3) is 0 Å². The molecule has 0 spiro atoms. The highest BCUT2D eigenvalue weighted by atomic mass is 15.0. The highest BCUT2D eigenvalue weighted by Crippen LogP contribution is 2.41. The molecule has 0 amide bonds. The number of rotatable bonds is 0. The Morgan fingerprint density at radius 1 is 1.71 bits per heavy atom. The summed E-state index contributed by atoms with van der Waals surface area (Å²) in [5, 5.41) is 3.15. The van der Waals surface area contributed by atoms with E-state index in [9.17, 15) is 0 Å². The topological polar surface area (TPSA) is 38.0 Å². The maximum absolute atomic E-state index is 5.60. The van der Waals surface area contributed by atoms with Gasteiger partial charge in [-0.1, -0.05) is 0 Å². The second-order valence-electron chi connectivity index (χ2n) is 2.39. The van der Waals surface area contributed by atoms with Gasteiger partial charge in [0, 0.05) is 19.1 Å². The number of hydrogen-bond donors (Lipinski definition) is 2. The van der Waals surface area contributed by atoms with Gasteiger partial charge in [-0.05, 0) is 11.8 Å². The average Bonchev–Trinajstić information content (AvgIpc) is 2.26. The highest BCUT2D eigenvalue weighted by molar-refractivity contribution is 5.12. The zero-order valence-corrected chi connectivity index (χ0v) is 4.09. The first-order chi connectivity index (χ1) is 3.39. The molecule has 1 aliphatic carbocycles. The van der Waals surface area contributed by atoms with Gasteiger partial charge in [0.1, 0.15) is 0 Å². The van der Waals surface area contributed by atoms with E-state index in [2.05, 4.69) is 11.9 Å². The third-order valence-electron chi connectivity index (χ3n) is 1.96. The standard InChI is InChI=1S/C5H9N2/c6-5-3-1-7-2-4(3)5/h1,3-5,7H,2,6H2. The summed E-state index contributed by atoms with van der Waals surface area (Å²) >= 11 is 0. The third kappa shape index (κ3) is 0.359. The molecule has 39 valence electrons. The van der Waals surface area contributed by atoms with Crippen molar-refractivity contribution >= 4 is 0 Å². The Hall–Kier alpha value is -0.0800. The molecule has 0 aromatic carbocycles. The number of hydrogen-bond acceptors (Lipinski definition) is 2. The van der Waals surface area contributed by atoms with Crippen LogP contribution in [-0.4, -0.2) is 12.6 Å². The second-order valence-corrected chi connectivity index (χ2v) is 2.39. The van der Waals surface area contributed by atoms with Crippen LogP contribution in [0.5, 0.6) is 0 Å². The molecule has 7 heavy (non-hydrogen) atoms. The average molecular weight is 97.1 g/mol. The lowest BCUT2D eigenvalue weighted by Crippen LogP contribution is -2.17. The monoisotopic (exact) mass is 97.1 g/mol. The zero-order valence-electron chi connectivity index (χ0n) is 4.09. The minimum absolute atomic E-state index is 0.501. The van der Waals surface area contributed by atoms with Crippen LogP contribution in [0.3, 0.4) is 0 Å². The molecule has 2 fully saturated rings. The Balaban J connectivity index is 2.06. The van der Waals surface area contributed by atoms with E-state index in [1.807, 2.05) is 0 Å². The Morgan fingerprint density at radius 3 is 2.86 bits per heavy atom. The van der Waals surface area contributed by atoms with Crippen molar-refractivity contribution in [2.75, 3.05) is 6.54 Å². The molecule has 2 aliphatic rings. The Kier molecular flexibility index (Phi) is 0.557. The van der Waals surface area contributed by atoms with E-state index >= 15 is 0 Å². The number of fused-ring (bicyclic) bond motifs is 1. The van der Waals surface area contributed by atoms with Gasteiger partial charge in [0.05, 0.1) is 0 Å². The van der Waals surface area contributed by atoms with Crippen LogP contribution in [0.15, 0.2) is 0 Å². The summed E-state index contributed by atoms with van der Waals surface area (Å²) in [5.41, 5.74) is 5.60. The molecule has 2 rings (SSSR count). The highest BCUT2D eigenvalue weighted by Gasteiger charge is 2.50. The van der Waals surface area contributed by atoms with Crippen molar-refractivity contribution in [1.82, 2.24) is 5.32 Å². The molecule has 1 radical (unpaired) electrons. The van der Waals surface area contributed by atoms with Crippen LogP contribution in [0, 0.1) is 18.4 Å². The molecular weight excluding hydrogens is 88.1 g/mol. The van der Waals surface area contributed by atoms with Gasteiger partial charge in [-0.25, -0.2) is 0 Å². The maximum Gasteiger partial charge on any atom is 0.0271 e. The molecule has 2 nitrogen and oxygen atoms in total. The summed E-state index contributed by atoms with van der Waals surface area (Å²) in [5.74, 6) is 1.51. The van der Waals surface area contributed by atoms with E-state index in [1.54, 1.807) is 0 Å². The molecule has 1 heterocycles. The van der Waals surface area contributed by atoms with Crippen molar-refractivity contribution in [2.24, 2.45) is 17.6 Å². The molecule has 0 aromatic heterocycles. The van der Waals surface area contributed by atoms with Gasteiger partial charge in [0.2, 0.25) is 0 Å². The Bertz CT molecular complexity index is 82.1. The van der Waals surface area contributed by atoms with Crippen molar-refractivity contribution in [3.05, 3.63) is 6.54 Å². The molecule has 1 saturated carbocycles. The summed E-state index contributed by atoms with van der Waals surface area (Å²) in [6, 6.07) is 0.501. The van der Waals surface area contributed by atoms with Gasteiger partial charge in [-0.3, -0.25) is 0 Å². The molecule has 3 atom stereocenters. The van der Waals surface area contributed by atoms with E-state index in [-0.39, 0.29) is 0 Å². The Morgan fingerprint density at radius 2 is 2.57 bits per heavy atom.